The van der Waals surface area contributed by atoms with Crippen LogP contribution in [0.5, 0.6) is 0 Å². The predicted octanol–water partition coefficient (Wildman–Crippen LogP) is 2.60. The van der Waals surface area contributed by atoms with Crippen LogP contribution in [0, 0.1) is 5.41 Å². The number of aliphatic hydroxyl groups excluding tert-OH is 1. The molecule has 2 amide bonds. The van der Waals surface area contributed by atoms with E-state index >= 15 is 0 Å². The smallest absolute Gasteiger partial charge is 0.319 e. The third-order valence-corrected chi connectivity index (χ3v) is 4.86. The molecule has 2 atom stereocenters. The third-order valence-electron chi connectivity index (χ3n) is 4.86. The minimum Gasteiger partial charge on any atom is -0.396 e. The van der Waals surface area contributed by atoms with Gasteiger partial charge in [0.2, 0.25) is 0 Å². The first-order chi connectivity index (χ1) is 11.6. The van der Waals surface area contributed by atoms with E-state index in [0.29, 0.717) is 6.54 Å². The van der Waals surface area contributed by atoms with Crippen LogP contribution in [0.25, 0.3) is 0 Å². The van der Waals surface area contributed by atoms with Gasteiger partial charge >= 0.3 is 6.03 Å². The molecule has 0 saturated heterocycles. The van der Waals surface area contributed by atoms with Gasteiger partial charge in [-0.2, -0.15) is 5.10 Å². The Morgan fingerprint density at radius 1 is 1.42 bits per heavy atom. The molecule has 0 bridgehead atoms. The van der Waals surface area contributed by atoms with Crippen molar-refractivity contribution in [2.24, 2.45) is 5.41 Å². The number of benzene rings is 1. The Kier molecular flexibility index (Phi) is 4.85. The van der Waals surface area contributed by atoms with Gasteiger partial charge in [0.25, 0.3) is 0 Å². The van der Waals surface area contributed by atoms with Gasteiger partial charge in [-0.3, -0.25) is 4.68 Å². The van der Waals surface area contributed by atoms with Crippen molar-refractivity contribution in [2.45, 2.75) is 38.8 Å². The van der Waals surface area contributed by atoms with E-state index in [0.717, 1.165) is 30.5 Å². The molecule has 2 unspecified atom stereocenters. The lowest BCUT2D eigenvalue weighted by molar-refractivity contribution is 0.122. The number of amides is 2. The van der Waals surface area contributed by atoms with Crippen LogP contribution in [0.4, 0.5) is 10.5 Å². The van der Waals surface area contributed by atoms with Gasteiger partial charge in [0, 0.05) is 29.5 Å². The average molecular weight is 328 g/mol. The summed E-state index contributed by atoms with van der Waals surface area (Å²) in [4.78, 5) is 12.2. The molecule has 24 heavy (non-hydrogen) atoms. The van der Waals surface area contributed by atoms with Crippen LogP contribution in [-0.4, -0.2) is 33.6 Å². The average Bonchev–Trinajstić information content (AvgIpc) is 3.20. The van der Waals surface area contributed by atoms with Crippen LogP contribution >= 0.6 is 0 Å². The third kappa shape index (κ3) is 3.76. The molecule has 1 aliphatic rings. The van der Waals surface area contributed by atoms with Gasteiger partial charge in [-0.15, -0.1) is 0 Å². The van der Waals surface area contributed by atoms with Gasteiger partial charge in [-0.05, 0) is 36.6 Å². The van der Waals surface area contributed by atoms with Crippen molar-refractivity contribution in [2.75, 3.05) is 11.9 Å². The van der Waals surface area contributed by atoms with Crippen molar-refractivity contribution >= 4 is 11.7 Å². The Balaban J connectivity index is 1.55. The molecule has 0 radical (unpaired) electrons. The molecule has 1 aromatic heterocycles. The van der Waals surface area contributed by atoms with Crippen LogP contribution in [0.1, 0.15) is 31.7 Å². The molecule has 1 heterocycles. The van der Waals surface area contributed by atoms with E-state index in [4.69, 9.17) is 0 Å². The van der Waals surface area contributed by atoms with Crippen LogP contribution in [-0.2, 0) is 6.54 Å². The highest BCUT2D eigenvalue weighted by Gasteiger charge is 2.39. The molecular formula is C18H24N4O2. The summed E-state index contributed by atoms with van der Waals surface area (Å²) in [5, 5.41) is 19.6. The number of aliphatic hydroxyl groups is 1. The molecule has 128 valence electrons. The molecule has 2 aromatic rings. The van der Waals surface area contributed by atoms with E-state index in [1.54, 1.807) is 6.20 Å². The van der Waals surface area contributed by atoms with Gasteiger partial charge in [-0.1, -0.05) is 25.5 Å². The molecule has 6 nitrogen and oxygen atoms in total. The van der Waals surface area contributed by atoms with Crippen LogP contribution in [0.3, 0.4) is 0 Å². The van der Waals surface area contributed by atoms with E-state index in [1.165, 1.54) is 0 Å². The molecule has 3 N–H and O–H groups in total. The number of anilines is 1. The summed E-state index contributed by atoms with van der Waals surface area (Å²) in [6.45, 7) is 2.82. The zero-order valence-electron chi connectivity index (χ0n) is 13.9. The maximum atomic E-state index is 12.2. The SMILES string of the molecule is CC1(CO)CCCC1NC(=O)Nc1ccc(Cn2cccn2)cc1. The van der Waals surface area contributed by atoms with E-state index in [9.17, 15) is 9.90 Å². The standard InChI is InChI=1S/C18H24N4O2/c1-18(13-23)9-2-4-16(18)21-17(24)20-15-7-5-14(6-8-15)12-22-11-3-10-19-22/h3,5-8,10-11,16,23H,2,4,9,12-13H2,1H3,(H2,20,21,24). The second kappa shape index (κ2) is 7.05. The minimum atomic E-state index is -0.221. The predicted molar refractivity (Wildman–Crippen MR) is 92.8 cm³/mol. The largest absolute Gasteiger partial charge is 0.396 e. The zero-order chi connectivity index (χ0) is 17.0. The summed E-state index contributed by atoms with van der Waals surface area (Å²) in [6, 6.07) is 9.41. The number of urea groups is 1. The molecule has 1 aromatic carbocycles. The number of rotatable bonds is 5. The Hall–Kier alpha value is -2.34. The topological polar surface area (TPSA) is 79.2 Å². The summed E-state index contributed by atoms with van der Waals surface area (Å²) in [6.07, 6.45) is 6.55. The second-order valence-corrected chi connectivity index (χ2v) is 6.76. The number of hydrogen-bond acceptors (Lipinski definition) is 3. The van der Waals surface area contributed by atoms with Crippen molar-refractivity contribution in [1.82, 2.24) is 15.1 Å². The fourth-order valence-corrected chi connectivity index (χ4v) is 3.27. The number of carbonyl (C=O) groups is 1. The van der Waals surface area contributed by atoms with Crippen molar-refractivity contribution in [1.29, 1.82) is 0 Å². The first-order valence-electron chi connectivity index (χ1n) is 8.34. The van der Waals surface area contributed by atoms with E-state index in [2.05, 4.69) is 15.7 Å². The number of nitrogens with zero attached hydrogens (tertiary/aromatic N) is 2. The molecule has 0 aliphatic heterocycles. The van der Waals surface area contributed by atoms with E-state index in [-0.39, 0.29) is 24.1 Å². The number of aromatic nitrogens is 2. The lowest BCUT2D eigenvalue weighted by atomic mass is 9.86. The highest BCUT2D eigenvalue weighted by Crippen LogP contribution is 2.37. The summed E-state index contributed by atoms with van der Waals surface area (Å²) in [5.41, 5.74) is 1.65. The van der Waals surface area contributed by atoms with Crippen molar-refractivity contribution in [3.8, 4) is 0 Å². The van der Waals surface area contributed by atoms with Gasteiger partial charge < -0.3 is 15.7 Å². The lowest BCUT2D eigenvalue weighted by Gasteiger charge is -2.30. The first kappa shape index (κ1) is 16.5. The normalized spacial score (nSPS) is 23.2. The van der Waals surface area contributed by atoms with Crippen molar-refractivity contribution in [3.63, 3.8) is 0 Å². The molecule has 1 saturated carbocycles. The molecule has 6 heteroatoms. The second-order valence-electron chi connectivity index (χ2n) is 6.76. The maximum Gasteiger partial charge on any atom is 0.319 e. The summed E-state index contributed by atoms with van der Waals surface area (Å²) >= 11 is 0. The molecule has 0 spiro atoms. The Morgan fingerprint density at radius 2 is 2.21 bits per heavy atom. The zero-order valence-corrected chi connectivity index (χ0v) is 13.9. The molecular weight excluding hydrogens is 304 g/mol. The number of nitrogens with one attached hydrogen (secondary N) is 2. The van der Waals surface area contributed by atoms with Gasteiger partial charge in [-0.25, -0.2) is 4.79 Å². The van der Waals surface area contributed by atoms with Gasteiger partial charge in [0.15, 0.2) is 0 Å². The lowest BCUT2D eigenvalue weighted by Crippen LogP contribution is -2.46. The van der Waals surface area contributed by atoms with E-state index in [1.807, 2.05) is 48.1 Å². The number of hydrogen-bond donors (Lipinski definition) is 3. The molecule has 1 aliphatic carbocycles. The number of carbonyl (C=O) groups excluding carboxylic acids is 1. The fraction of sp³-hybridized carbons (Fsp3) is 0.444. The maximum absolute atomic E-state index is 12.2. The summed E-state index contributed by atoms with van der Waals surface area (Å²) in [5.74, 6) is 0. The van der Waals surface area contributed by atoms with Crippen LogP contribution in [0.15, 0.2) is 42.7 Å². The van der Waals surface area contributed by atoms with Crippen molar-refractivity contribution < 1.29 is 9.90 Å². The van der Waals surface area contributed by atoms with Gasteiger partial charge in [0.1, 0.15) is 0 Å². The van der Waals surface area contributed by atoms with E-state index < -0.39 is 0 Å². The van der Waals surface area contributed by atoms with Crippen LogP contribution < -0.4 is 10.6 Å². The van der Waals surface area contributed by atoms with Crippen LogP contribution in [0.2, 0.25) is 0 Å². The highest BCUT2D eigenvalue weighted by molar-refractivity contribution is 5.89. The molecule has 1 fully saturated rings. The Bertz CT molecular complexity index is 669. The molecule has 3 rings (SSSR count). The quantitative estimate of drug-likeness (QED) is 0.789. The monoisotopic (exact) mass is 328 g/mol. The van der Waals surface area contributed by atoms with Crippen molar-refractivity contribution in [3.05, 3.63) is 48.3 Å². The highest BCUT2D eigenvalue weighted by atomic mass is 16.3. The van der Waals surface area contributed by atoms with Gasteiger partial charge in [0.05, 0.1) is 13.2 Å². The Morgan fingerprint density at radius 3 is 2.88 bits per heavy atom. The Labute approximate surface area is 141 Å². The minimum absolute atomic E-state index is 0.0154. The summed E-state index contributed by atoms with van der Waals surface area (Å²) < 4.78 is 1.85. The fourth-order valence-electron chi connectivity index (χ4n) is 3.27. The first-order valence-corrected chi connectivity index (χ1v) is 8.34. The summed E-state index contributed by atoms with van der Waals surface area (Å²) in [7, 11) is 0.